The number of benzene rings is 2. The molecule has 0 saturated heterocycles. The highest BCUT2D eigenvalue weighted by Crippen LogP contribution is 2.28. The maximum absolute atomic E-state index is 14.0. The number of hydrogen-bond acceptors (Lipinski definition) is 4. The first-order chi connectivity index (χ1) is 12.5. The molecule has 26 heavy (non-hydrogen) atoms. The van der Waals surface area contributed by atoms with Crippen LogP contribution in [0.15, 0.2) is 48.7 Å². The topological polar surface area (TPSA) is 66.2 Å². The molecule has 1 unspecified atom stereocenters. The van der Waals surface area contributed by atoms with Crippen LogP contribution in [-0.2, 0) is 0 Å². The van der Waals surface area contributed by atoms with E-state index >= 15 is 0 Å². The first-order valence-corrected chi connectivity index (χ1v) is 8.63. The molecule has 0 fully saturated rings. The molecule has 0 aliphatic carbocycles. The van der Waals surface area contributed by atoms with Gasteiger partial charge in [0.15, 0.2) is 5.82 Å². The number of hydrogen-bond donors (Lipinski definition) is 2. The average molecular weight is 352 g/mol. The number of halogens is 1. The van der Waals surface area contributed by atoms with E-state index in [9.17, 15) is 14.6 Å². The summed E-state index contributed by atoms with van der Waals surface area (Å²) in [7, 11) is 0. The van der Waals surface area contributed by atoms with Gasteiger partial charge in [-0.05, 0) is 62.1 Å². The lowest BCUT2D eigenvalue weighted by Crippen LogP contribution is -1.97. The van der Waals surface area contributed by atoms with E-state index in [0.29, 0.717) is 17.0 Å². The van der Waals surface area contributed by atoms with Crippen LogP contribution in [0.3, 0.4) is 0 Å². The molecule has 1 heterocycles. The van der Waals surface area contributed by atoms with Crippen molar-refractivity contribution in [1.82, 2.24) is 9.97 Å². The van der Waals surface area contributed by atoms with E-state index in [-0.39, 0.29) is 11.9 Å². The number of aromatic hydroxyl groups is 1. The smallest absolute Gasteiger partial charge is 0.152 e. The summed E-state index contributed by atoms with van der Waals surface area (Å²) >= 11 is 0. The average Bonchev–Trinajstić information content (AvgIpc) is 2.61. The van der Waals surface area contributed by atoms with Gasteiger partial charge in [0.25, 0.3) is 0 Å². The van der Waals surface area contributed by atoms with Crippen molar-refractivity contribution >= 4 is 17.0 Å². The number of nitrogens with zero attached hydrogens (tertiary/aromatic N) is 2. The Bertz CT molecular complexity index is 938. The van der Waals surface area contributed by atoms with Crippen molar-refractivity contribution < 1.29 is 14.6 Å². The molecule has 2 N–H and O–H groups in total. The van der Waals surface area contributed by atoms with Gasteiger partial charge in [-0.3, -0.25) is 0 Å². The molecule has 0 radical (unpaired) electrons. The highest BCUT2D eigenvalue weighted by molar-refractivity contribution is 5.84. The molecule has 0 aliphatic rings. The molecule has 0 amide bonds. The van der Waals surface area contributed by atoms with Gasteiger partial charge in [-0.1, -0.05) is 12.1 Å². The van der Waals surface area contributed by atoms with E-state index in [0.717, 1.165) is 36.2 Å². The first kappa shape index (κ1) is 18.0. The Kier molecular flexibility index (Phi) is 5.58. The Morgan fingerprint density at radius 2 is 2.04 bits per heavy atom. The molecule has 134 valence electrons. The third kappa shape index (κ3) is 4.43. The van der Waals surface area contributed by atoms with Crippen molar-refractivity contribution in [3.05, 3.63) is 60.3 Å². The van der Waals surface area contributed by atoms with Gasteiger partial charge >= 0.3 is 0 Å². The molecule has 1 aromatic heterocycles. The molecule has 3 aromatic rings. The van der Waals surface area contributed by atoms with E-state index in [4.69, 9.17) is 0 Å². The number of aliphatic hydroxyl groups is 1. The summed E-state index contributed by atoms with van der Waals surface area (Å²) in [5.41, 5.74) is 1.92. The molecular weight excluding hydrogens is 331 g/mol. The molecule has 0 bridgehead atoms. The maximum atomic E-state index is 14.0. The second-order valence-corrected chi connectivity index (χ2v) is 6.35. The lowest BCUT2D eigenvalue weighted by atomic mass is 10.0. The predicted octanol–water partition coefficient (Wildman–Crippen LogP) is 4.71. The standard InChI is InChI=1S/C21H21FN2O2/c1-14(25)5-3-2-4-6-21-23-13-16-11-15(7-10-20(16)24-21)18-9-8-17(26)12-19(18)22/h4,6-14,25-26H,2-3,5H2,1H3/b6-4+. The van der Waals surface area contributed by atoms with E-state index in [1.165, 1.54) is 6.07 Å². The molecule has 1 atom stereocenters. The van der Waals surface area contributed by atoms with Crippen LogP contribution >= 0.6 is 0 Å². The second kappa shape index (κ2) is 8.06. The molecule has 5 heteroatoms. The summed E-state index contributed by atoms with van der Waals surface area (Å²) in [6.45, 7) is 1.79. The van der Waals surface area contributed by atoms with E-state index in [1.54, 1.807) is 25.3 Å². The van der Waals surface area contributed by atoms with Crippen LogP contribution in [-0.4, -0.2) is 26.3 Å². The van der Waals surface area contributed by atoms with Crippen molar-refractivity contribution in [3.8, 4) is 16.9 Å². The SMILES string of the molecule is CC(O)CCC/C=C/c1ncc2cc(-c3ccc(O)cc3F)ccc2n1. The van der Waals surface area contributed by atoms with Crippen LogP contribution in [0.1, 0.15) is 32.0 Å². The quantitative estimate of drug-likeness (QED) is 0.631. The van der Waals surface area contributed by atoms with Gasteiger partial charge in [0.2, 0.25) is 0 Å². The lowest BCUT2D eigenvalue weighted by Gasteiger charge is -2.06. The van der Waals surface area contributed by atoms with Crippen molar-refractivity contribution in [2.45, 2.75) is 32.3 Å². The third-order valence-corrected chi connectivity index (χ3v) is 4.12. The van der Waals surface area contributed by atoms with Crippen molar-refractivity contribution in [1.29, 1.82) is 0 Å². The van der Waals surface area contributed by atoms with Gasteiger partial charge in [0, 0.05) is 23.2 Å². The molecule has 2 aromatic carbocycles. The third-order valence-electron chi connectivity index (χ3n) is 4.12. The van der Waals surface area contributed by atoms with Gasteiger partial charge in [0.1, 0.15) is 11.6 Å². The zero-order valence-corrected chi connectivity index (χ0v) is 14.6. The summed E-state index contributed by atoms with van der Waals surface area (Å²) in [6, 6.07) is 9.59. The van der Waals surface area contributed by atoms with Gasteiger partial charge < -0.3 is 10.2 Å². The fraction of sp³-hybridized carbons (Fsp3) is 0.238. The van der Waals surface area contributed by atoms with Crippen LogP contribution in [0.4, 0.5) is 4.39 Å². The zero-order chi connectivity index (χ0) is 18.5. The Morgan fingerprint density at radius 1 is 1.19 bits per heavy atom. The van der Waals surface area contributed by atoms with Gasteiger partial charge in [-0.15, -0.1) is 0 Å². The van der Waals surface area contributed by atoms with Crippen LogP contribution in [0.25, 0.3) is 28.1 Å². The number of fused-ring (bicyclic) bond motifs is 1. The number of allylic oxidation sites excluding steroid dienone is 1. The van der Waals surface area contributed by atoms with Crippen molar-refractivity contribution in [3.63, 3.8) is 0 Å². The van der Waals surface area contributed by atoms with Gasteiger partial charge in [-0.25, -0.2) is 14.4 Å². The molecular formula is C21H21FN2O2. The normalized spacial score (nSPS) is 12.7. The molecule has 0 saturated carbocycles. The fourth-order valence-corrected chi connectivity index (χ4v) is 2.75. The summed E-state index contributed by atoms with van der Waals surface area (Å²) in [5, 5.41) is 19.4. The Balaban J connectivity index is 1.78. The Labute approximate surface area is 151 Å². The monoisotopic (exact) mass is 352 g/mol. The summed E-state index contributed by atoms with van der Waals surface area (Å²) in [6.07, 6.45) is 7.89. The minimum Gasteiger partial charge on any atom is -0.508 e. The predicted molar refractivity (Wildman–Crippen MR) is 101 cm³/mol. The van der Waals surface area contributed by atoms with Crippen LogP contribution in [0.2, 0.25) is 0 Å². The summed E-state index contributed by atoms with van der Waals surface area (Å²) in [4.78, 5) is 8.83. The maximum Gasteiger partial charge on any atom is 0.152 e. The molecule has 0 spiro atoms. The summed E-state index contributed by atoms with van der Waals surface area (Å²) in [5.74, 6) is 0.0559. The second-order valence-electron chi connectivity index (χ2n) is 6.35. The van der Waals surface area contributed by atoms with Gasteiger partial charge in [0.05, 0.1) is 11.6 Å². The highest BCUT2D eigenvalue weighted by Gasteiger charge is 2.07. The van der Waals surface area contributed by atoms with E-state index in [1.807, 2.05) is 24.3 Å². The van der Waals surface area contributed by atoms with Crippen LogP contribution in [0.5, 0.6) is 5.75 Å². The molecule has 3 rings (SSSR count). The number of phenolic OH excluding ortho intramolecular Hbond substituents is 1. The van der Waals surface area contributed by atoms with Gasteiger partial charge in [-0.2, -0.15) is 0 Å². The van der Waals surface area contributed by atoms with Crippen LogP contribution < -0.4 is 0 Å². The molecule has 0 aliphatic heterocycles. The minimum absolute atomic E-state index is 0.0970. The van der Waals surface area contributed by atoms with Crippen LogP contribution in [0, 0.1) is 5.82 Å². The largest absolute Gasteiger partial charge is 0.508 e. The first-order valence-electron chi connectivity index (χ1n) is 8.63. The Hall–Kier alpha value is -2.79. The number of aromatic nitrogens is 2. The lowest BCUT2D eigenvalue weighted by molar-refractivity contribution is 0.182. The van der Waals surface area contributed by atoms with E-state index < -0.39 is 5.82 Å². The number of phenols is 1. The van der Waals surface area contributed by atoms with Crippen molar-refractivity contribution in [2.24, 2.45) is 0 Å². The zero-order valence-electron chi connectivity index (χ0n) is 14.6. The Morgan fingerprint density at radius 3 is 2.81 bits per heavy atom. The molecule has 4 nitrogen and oxygen atoms in total. The number of unbranched alkanes of at least 4 members (excludes halogenated alkanes) is 1. The minimum atomic E-state index is -0.470. The highest BCUT2D eigenvalue weighted by atomic mass is 19.1. The van der Waals surface area contributed by atoms with E-state index in [2.05, 4.69) is 9.97 Å². The fourth-order valence-electron chi connectivity index (χ4n) is 2.75. The number of rotatable bonds is 6. The van der Waals surface area contributed by atoms with Crippen molar-refractivity contribution in [2.75, 3.05) is 0 Å². The summed E-state index contributed by atoms with van der Waals surface area (Å²) < 4.78 is 14.0. The number of aliphatic hydroxyl groups excluding tert-OH is 1.